The molecule has 1 aromatic carbocycles. The van der Waals surface area contributed by atoms with E-state index < -0.39 is 127 Å². The zero-order valence-electron chi connectivity index (χ0n) is 46.1. The molecule has 5 rings (SSSR count). The normalized spacial score (nSPS) is 39.2. The zero-order valence-corrected chi connectivity index (χ0v) is 46.1. The van der Waals surface area contributed by atoms with Gasteiger partial charge in [0.2, 0.25) is 5.91 Å². The Labute approximate surface area is 437 Å². The van der Waals surface area contributed by atoms with Crippen molar-refractivity contribution in [1.82, 2.24) is 30.1 Å². The van der Waals surface area contributed by atoms with E-state index in [1.165, 1.54) is 18.7 Å². The minimum atomic E-state index is -1.87. The molecule has 0 saturated carbocycles. The molecule has 7 N–H and O–H groups in total. The van der Waals surface area contributed by atoms with Gasteiger partial charge in [-0.1, -0.05) is 38.1 Å². The number of nitrogens with one attached hydrogen (secondary N) is 1. The number of ether oxygens (including phenoxy) is 6. The topological polar surface area (TPSA) is 260 Å². The number of alkyl halides is 1. The molecule has 0 bridgehead atoms. The Morgan fingerprint density at radius 2 is 1.68 bits per heavy atom. The van der Waals surface area contributed by atoms with E-state index in [4.69, 9.17) is 28.4 Å². The van der Waals surface area contributed by atoms with E-state index in [0.29, 0.717) is 24.3 Å². The highest BCUT2D eigenvalue weighted by molar-refractivity contribution is 5.76. The lowest BCUT2D eigenvalue weighted by Gasteiger charge is -2.49. The lowest BCUT2D eigenvalue weighted by Crippen LogP contribution is -2.61. The van der Waals surface area contributed by atoms with Gasteiger partial charge >= 0.3 is 5.97 Å². The highest BCUT2D eigenvalue weighted by Crippen LogP contribution is 2.40. The second kappa shape index (κ2) is 25.9. The second-order valence-electron chi connectivity index (χ2n) is 22.5. The first-order chi connectivity index (χ1) is 34.6. The van der Waals surface area contributed by atoms with Crippen LogP contribution in [-0.2, 0) is 44.4 Å². The van der Waals surface area contributed by atoms with E-state index in [-0.39, 0.29) is 50.5 Å². The maximum absolute atomic E-state index is 14.5. The Balaban J connectivity index is 1.38. The predicted molar refractivity (Wildman–Crippen MR) is 271 cm³/mol. The number of aromatic nitrogens is 3. The van der Waals surface area contributed by atoms with Crippen molar-refractivity contribution in [3.05, 3.63) is 41.7 Å². The van der Waals surface area contributed by atoms with Crippen LogP contribution in [0.3, 0.4) is 0 Å². The summed E-state index contributed by atoms with van der Waals surface area (Å²) in [5.41, 5.74) is -2.73. The summed E-state index contributed by atoms with van der Waals surface area (Å²) in [6.45, 7) is 18.6. The number of carbonyl (C=O) groups is 2. The maximum Gasteiger partial charge on any atom is 0.311 e. The van der Waals surface area contributed by atoms with Crippen LogP contribution >= 0.6 is 0 Å². The van der Waals surface area contributed by atoms with Crippen molar-refractivity contribution in [2.45, 2.75) is 217 Å². The third-order valence-electron chi connectivity index (χ3n) is 16.0. The molecule has 4 heterocycles. The Morgan fingerprint density at radius 1 is 1.01 bits per heavy atom. The molecule has 1 aromatic heterocycles. The van der Waals surface area contributed by atoms with Gasteiger partial charge in [0.1, 0.15) is 42.4 Å². The fourth-order valence-electron chi connectivity index (χ4n) is 11.2. The third kappa shape index (κ3) is 14.8. The standard InChI is InChI=1S/C53H89FN6O14/c1-15-41-53(11,68)46(64)33(6)59(13)27-29(2)24-51(9,67)48(31(4)45(32(5)49(66)72-41)73-43-25-52(10,69-14)47(65)35(8)71-43)74-50-44(63)40(22-30(3)70-50)58(12)21-20-42(62)55-37(26-54)23-36-16-18-38(19-17-36)60-28-39(34(7)61)56-57-60/h16-19,28-35,37,40-41,43-48,50,61,63-65,67-68H,15,20-27H2,1-14H3,(H,55,62)/t29-,30-,31+,32-,33-,34?,35+,37+,40+,41-,43+,44-,45+,46-,47+,48-,50+,51?,52?,53?/m1/s1. The Morgan fingerprint density at radius 3 is 2.27 bits per heavy atom. The highest BCUT2D eigenvalue weighted by Gasteiger charge is 2.53. The van der Waals surface area contributed by atoms with Gasteiger partial charge in [0.15, 0.2) is 12.6 Å². The average Bonchev–Trinajstić information content (AvgIpc) is 3.85. The smallest absolute Gasteiger partial charge is 0.311 e. The number of benzene rings is 1. The number of carbonyl (C=O) groups excluding carboxylic acids is 2. The summed E-state index contributed by atoms with van der Waals surface area (Å²) in [5, 5.41) is 80.2. The third-order valence-corrected chi connectivity index (χ3v) is 16.0. The summed E-state index contributed by atoms with van der Waals surface area (Å²) < 4.78 is 54.0. The lowest BCUT2D eigenvalue weighted by atomic mass is 9.77. The molecule has 422 valence electrons. The molecule has 2 aromatic rings. The fourth-order valence-corrected chi connectivity index (χ4v) is 11.2. The summed E-state index contributed by atoms with van der Waals surface area (Å²) in [5.74, 6) is -3.35. The predicted octanol–water partition coefficient (Wildman–Crippen LogP) is 2.99. The van der Waals surface area contributed by atoms with Crippen molar-refractivity contribution in [1.29, 1.82) is 0 Å². The fraction of sp³-hybridized carbons (Fsp3) is 0.811. The molecule has 3 fully saturated rings. The molecule has 74 heavy (non-hydrogen) atoms. The average molecular weight is 1050 g/mol. The number of esters is 1. The monoisotopic (exact) mass is 1050 g/mol. The van der Waals surface area contributed by atoms with Crippen LogP contribution in [0.4, 0.5) is 4.39 Å². The van der Waals surface area contributed by atoms with Crippen molar-refractivity contribution in [2.24, 2.45) is 17.8 Å². The van der Waals surface area contributed by atoms with E-state index in [0.717, 1.165) is 5.56 Å². The quantitative estimate of drug-likeness (QED) is 0.119. The van der Waals surface area contributed by atoms with E-state index in [9.17, 15) is 44.6 Å². The summed E-state index contributed by atoms with van der Waals surface area (Å²) in [6, 6.07) is 5.24. The number of nitrogens with zero attached hydrogens (tertiary/aromatic N) is 5. The molecule has 3 aliphatic rings. The van der Waals surface area contributed by atoms with Gasteiger partial charge in [-0.25, -0.2) is 9.07 Å². The molecule has 0 aliphatic carbocycles. The molecule has 4 unspecified atom stereocenters. The van der Waals surface area contributed by atoms with Gasteiger partial charge in [0.05, 0.1) is 65.6 Å². The minimum absolute atomic E-state index is 0.00743. The molecule has 3 aliphatic heterocycles. The van der Waals surface area contributed by atoms with Crippen LogP contribution < -0.4 is 5.32 Å². The van der Waals surface area contributed by atoms with Gasteiger partial charge in [-0.3, -0.25) is 9.59 Å². The number of methoxy groups -OCH3 is 1. The molecule has 0 spiro atoms. The number of aliphatic hydroxyl groups is 6. The van der Waals surface area contributed by atoms with E-state index in [2.05, 4.69) is 15.6 Å². The number of amides is 1. The van der Waals surface area contributed by atoms with Crippen molar-refractivity contribution < 1.29 is 73.0 Å². The Bertz CT molecular complexity index is 2080. The molecular weight excluding hydrogens is 964 g/mol. The molecule has 1 amide bonds. The number of halogens is 1. The van der Waals surface area contributed by atoms with Gasteiger partial charge in [-0.2, -0.15) is 0 Å². The molecule has 20 nitrogen and oxygen atoms in total. The first kappa shape index (κ1) is 61.6. The van der Waals surface area contributed by atoms with Crippen LogP contribution in [0.15, 0.2) is 30.5 Å². The summed E-state index contributed by atoms with van der Waals surface area (Å²) >= 11 is 0. The van der Waals surface area contributed by atoms with Crippen molar-refractivity contribution in [2.75, 3.05) is 41.0 Å². The summed E-state index contributed by atoms with van der Waals surface area (Å²) in [6.07, 6.45) is -8.83. The summed E-state index contributed by atoms with van der Waals surface area (Å²) in [4.78, 5) is 31.6. The van der Waals surface area contributed by atoms with Crippen LogP contribution in [0.1, 0.15) is 126 Å². The van der Waals surface area contributed by atoms with Gasteiger partial charge in [-0.15, -0.1) is 5.10 Å². The lowest BCUT2D eigenvalue weighted by molar-refractivity contribution is -0.318. The minimum Gasteiger partial charge on any atom is -0.459 e. The van der Waals surface area contributed by atoms with Gasteiger partial charge in [-0.05, 0) is 119 Å². The Kier molecular flexibility index (Phi) is 21.6. The van der Waals surface area contributed by atoms with Crippen LogP contribution in [0.25, 0.3) is 5.69 Å². The van der Waals surface area contributed by atoms with Crippen LogP contribution in [0, 0.1) is 17.8 Å². The maximum atomic E-state index is 14.5. The molecular formula is C53H89FN6O14. The van der Waals surface area contributed by atoms with E-state index in [1.54, 1.807) is 80.8 Å². The number of hydrogen-bond donors (Lipinski definition) is 7. The van der Waals surface area contributed by atoms with E-state index in [1.807, 2.05) is 42.8 Å². The first-order valence-corrected chi connectivity index (χ1v) is 26.4. The number of aliphatic hydroxyl groups excluding tert-OH is 4. The second-order valence-corrected chi connectivity index (χ2v) is 22.5. The van der Waals surface area contributed by atoms with E-state index >= 15 is 0 Å². The van der Waals surface area contributed by atoms with Gasteiger partial charge in [0, 0.05) is 51.0 Å². The van der Waals surface area contributed by atoms with Crippen LogP contribution in [0.5, 0.6) is 0 Å². The number of hydrogen-bond acceptors (Lipinski definition) is 18. The highest BCUT2D eigenvalue weighted by atomic mass is 19.1. The number of cyclic esters (lactones) is 1. The summed E-state index contributed by atoms with van der Waals surface area (Å²) in [7, 11) is 5.07. The zero-order chi connectivity index (χ0) is 55.2. The number of likely N-dealkylation sites (N-methyl/N-ethyl adjacent to an activating group) is 2. The number of rotatable bonds is 16. The molecule has 0 radical (unpaired) electrons. The first-order valence-electron chi connectivity index (χ1n) is 26.4. The molecule has 3 saturated heterocycles. The van der Waals surface area contributed by atoms with Gasteiger partial charge < -0.3 is 74.2 Å². The SMILES string of the molecule is CC[C@H]1OC(=O)[C@H](C)[C@@H](O[C@H]2CC(C)(OC)[C@@H](O)[C@H](C)O2)[C@H](C)[C@@H](O[C@@H]2O[C@H](C)C[C@H](N(C)CCC(=O)N[C@H](CF)Cc3ccc(-n4cc(C(C)O)nn4)cc3)[C@H]2O)C(C)(O)C[C@@H](C)CN(C)[C@H](C)[C@@H](O)C1(C)O. The van der Waals surface area contributed by atoms with Crippen molar-refractivity contribution >= 4 is 11.9 Å². The van der Waals surface area contributed by atoms with Crippen LogP contribution in [0.2, 0.25) is 0 Å². The van der Waals surface area contributed by atoms with Crippen molar-refractivity contribution in [3.8, 4) is 5.69 Å². The molecule has 21 heteroatoms. The molecule has 20 atom stereocenters. The largest absolute Gasteiger partial charge is 0.459 e. The van der Waals surface area contributed by atoms with Gasteiger partial charge in [0.25, 0.3) is 0 Å². The van der Waals surface area contributed by atoms with Crippen molar-refractivity contribution in [3.63, 3.8) is 0 Å². The van der Waals surface area contributed by atoms with Crippen LogP contribution in [-0.4, -0.2) is 205 Å². The Hall–Kier alpha value is -3.29.